The number of ether oxygens (including phenoxy) is 3. The Morgan fingerprint density at radius 1 is 1.27 bits per heavy atom. The number of carbonyl (C=O) groups excluding carboxylic acids is 1. The van der Waals surface area contributed by atoms with Crippen LogP contribution in [0.25, 0.3) is 0 Å². The molecule has 1 saturated heterocycles. The first kappa shape index (κ1) is 31.9. The van der Waals surface area contributed by atoms with Crippen LogP contribution in [0.3, 0.4) is 0 Å². The number of aliphatic hydroxyl groups is 1. The number of aliphatic hydroxyl groups excluding tert-OH is 1. The Labute approximate surface area is 233 Å². The largest absolute Gasteiger partial charge is 0.458 e. The third-order valence-electron chi connectivity index (χ3n) is 6.38. The molecule has 0 radical (unpaired) electrons. The Kier molecular flexibility index (Phi) is 12.7. The summed E-state index contributed by atoms with van der Waals surface area (Å²) >= 11 is 0. The summed E-state index contributed by atoms with van der Waals surface area (Å²) in [4.78, 5) is 26.8. The zero-order valence-electron chi connectivity index (χ0n) is 22.8. The van der Waals surface area contributed by atoms with Gasteiger partial charge in [0.25, 0.3) is 0 Å². The fourth-order valence-electron chi connectivity index (χ4n) is 4.38. The monoisotopic (exact) mass is 582 g/mol. The lowest BCUT2D eigenvalue weighted by molar-refractivity contribution is -0.108. The molecule has 0 amide bonds. The van der Waals surface area contributed by atoms with Crippen molar-refractivity contribution in [2.75, 3.05) is 39.2 Å². The van der Waals surface area contributed by atoms with Gasteiger partial charge in [-0.05, 0) is 37.0 Å². The van der Waals surface area contributed by atoms with E-state index in [0.717, 1.165) is 30.1 Å². The standard InChI is InChI=1S/C26H39N4O9P/c1-3-8-19(9-7-15-31)17-36-16-13-28-40(34,39-20-10-5-4-6-11-20)37-18-21-23(32)24(35-2)25(38-21)30-14-12-22(27)29-26(30)33/h4-6,10-12,14-15,19,21,23-25,32H,3,7-9,13,16-18H2,1-2H3,(H,28,34)(H2,27,29,33)/t19?,21-,23?,24?,25-,40?/m1/s1. The third kappa shape index (κ3) is 9.20. The SMILES string of the molecule is CCCC(CCC=O)COCCNP(=O)(OC[C@H]1O[C@@H](n2ccc(N)nc2=O)C(OC)C1O)Oc1ccccc1. The number of hydrogen-bond donors (Lipinski definition) is 3. The number of hydrogen-bond acceptors (Lipinski definition) is 11. The molecular weight excluding hydrogens is 543 g/mol. The minimum Gasteiger partial charge on any atom is -0.413 e. The number of rotatable bonds is 18. The first-order valence-electron chi connectivity index (χ1n) is 13.3. The number of anilines is 1. The van der Waals surface area contributed by atoms with E-state index in [1.165, 1.54) is 19.4 Å². The molecule has 222 valence electrons. The van der Waals surface area contributed by atoms with Gasteiger partial charge in [0.1, 0.15) is 36.2 Å². The number of carbonyl (C=O) groups is 1. The van der Waals surface area contributed by atoms with Crippen LogP contribution in [0.1, 0.15) is 38.8 Å². The molecule has 1 aromatic heterocycles. The predicted octanol–water partition coefficient (Wildman–Crippen LogP) is 2.30. The maximum absolute atomic E-state index is 13.7. The van der Waals surface area contributed by atoms with Crippen molar-refractivity contribution in [3.05, 3.63) is 53.1 Å². The maximum Gasteiger partial charge on any atom is 0.458 e. The second kappa shape index (κ2) is 16.0. The second-order valence-corrected chi connectivity index (χ2v) is 11.1. The molecule has 1 aliphatic heterocycles. The van der Waals surface area contributed by atoms with Crippen LogP contribution in [-0.2, 0) is 28.1 Å². The van der Waals surface area contributed by atoms with Crippen LogP contribution in [0.2, 0.25) is 0 Å². The Morgan fingerprint density at radius 2 is 2.05 bits per heavy atom. The van der Waals surface area contributed by atoms with Gasteiger partial charge in [0.2, 0.25) is 0 Å². The first-order chi connectivity index (χ1) is 19.3. The van der Waals surface area contributed by atoms with Crippen molar-refractivity contribution in [2.45, 2.75) is 57.1 Å². The minimum atomic E-state index is -3.96. The number of aldehydes is 1. The Bertz CT molecular complexity index is 1150. The topological polar surface area (TPSA) is 173 Å². The zero-order valence-corrected chi connectivity index (χ0v) is 23.7. The van der Waals surface area contributed by atoms with Gasteiger partial charge in [0.15, 0.2) is 6.23 Å². The molecule has 1 aliphatic rings. The van der Waals surface area contributed by atoms with E-state index >= 15 is 0 Å². The summed E-state index contributed by atoms with van der Waals surface area (Å²) in [5, 5.41) is 13.6. The van der Waals surface area contributed by atoms with E-state index in [2.05, 4.69) is 17.0 Å². The summed E-state index contributed by atoms with van der Waals surface area (Å²) in [5.41, 5.74) is 4.90. The van der Waals surface area contributed by atoms with Crippen molar-refractivity contribution in [1.82, 2.24) is 14.6 Å². The summed E-state index contributed by atoms with van der Waals surface area (Å²) in [6, 6.07) is 9.94. The van der Waals surface area contributed by atoms with Crippen LogP contribution in [0.5, 0.6) is 5.75 Å². The molecule has 2 aromatic rings. The van der Waals surface area contributed by atoms with E-state index in [9.17, 15) is 19.3 Å². The summed E-state index contributed by atoms with van der Waals surface area (Å²) in [5.74, 6) is 0.631. The second-order valence-electron chi connectivity index (χ2n) is 9.38. The highest BCUT2D eigenvalue weighted by Gasteiger charge is 2.46. The average molecular weight is 583 g/mol. The molecule has 0 bridgehead atoms. The first-order valence-corrected chi connectivity index (χ1v) is 14.8. The van der Waals surface area contributed by atoms with Gasteiger partial charge in [-0.1, -0.05) is 31.5 Å². The fourth-order valence-corrected chi connectivity index (χ4v) is 5.69. The quantitative estimate of drug-likeness (QED) is 0.133. The average Bonchev–Trinajstić information content (AvgIpc) is 3.25. The number of aromatic nitrogens is 2. The summed E-state index contributed by atoms with van der Waals surface area (Å²) in [7, 11) is -2.58. The number of para-hydroxylation sites is 1. The van der Waals surface area contributed by atoms with E-state index in [1.54, 1.807) is 30.3 Å². The van der Waals surface area contributed by atoms with Crippen LogP contribution in [-0.4, -0.2) is 72.7 Å². The van der Waals surface area contributed by atoms with Gasteiger partial charge in [-0.2, -0.15) is 4.98 Å². The number of benzene rings is 1. The number of nitrogens with one attached hydrogen (secondary N) is 1. The normalized spacial score (nSPS) is 23.0. The molecule has 40 heavy (non-hydrogen) atoms. The predicted molar refractivity (Wildman–Crippen MR) is 147 cm³/mol. The lowest BCUT2D eigenvalue weighted by Crippen LogP contribution is -2.37. The molecule has 4 unspecified atom stereocenters. The lowest BCUT2D eigenvalue weighted by Gasteiger charge is -2.23. The van der Waals surface area contributed by atoms with E-state index in [0.29, 0.717) is 18.8 Å². The molecular formula is C26H39N4O9P. The van der Waals surface area contributed by atoms with Crippen molar-refractivity contribution < 1.29 is 37.7 Å². The molecule has 4 N–H and O–H groups in total. The number of nitrogens with zero attached hydrogens (tertiary/aromatic N) is 2. The molecule has 1 fully saturated rings. The van der Waals surface area contributed by atoms with Crippen LogP contribution >= 0.6 is 7.75 Å². The molecule has 0 saturated carbocycles. The third-order valence-corrected chi connectivity index (χ3v) is 7.93. The van der Waals surface area contributed by atoms with Gasteiger partial charge in [-0.25, -0.2) is 14.4 Å². The summed E-state index contributed by atoms with van der Waals surface area (Å²) in [6.45, 7) is 2.61. The molecule has 1 aromatic carbocycles. The van der Waals surface area contributed by atoms with Crippen molar-refractivity contribution in [2.24, 2.45) is 5.92 Å². The zero-order chi connectivity index (χ0) is 29.0. The van der Waals surface area contributed by atoms with E-state index < -0.39 is 38.0 Å². The number of methoxy groups -OCH3 is 1. The van der Waals surface area contributed by atoms with Crippen LogP contribution in [0.4, 0.5) is 5.82 Å². The Morgan fingerprint density at radius 3 is 2.73 bits per heavy atom. The molecule has 14 heteroatoms. The Hall–Kier alpha value is -2.64. The van der Waals surface area contributed by atoms with Gasteiger partial charge in [-0.3, -0.25) is 9.09 Å². The molecule has 6 atom stereocenters. The lowest BCUT2D eigenvalue weighted by atomic mass is 9.99. The smallest absolute Gasteiger partial charge is 0.413 e. The van der Waals surface area contributed by atoms with E-state index in [1.807, 2.05) is 0 Å². The van der Waals surface area contributed by atoms with Gasteiger partial charge in [0, 0.05) is 32.9 Å². The molecule has 0 aliphatic carbocycles. The highest BCUT2D eigenvalue weighted by atomic mass is 31.2. The summed E-state index contributed by atoms with van der Waals surface area (Å²) in [6.07, 6.45) is 1.33. The van der Waals surface area contributed by atoms with Crippen molar-refractivity contribution >= 4 is 19.9 Å². The van der Waals surface area contributed by atoms with Crippen LogP contribution in [0, 0.1) is 5.92 Å². The van der Waals surface area contributed by atoms with Crippen molar-refractivity contribution in [1.29, 1.82) is 0 Å². The van der Waals surface area contributed by atoms with Gasteiger partial charge < -0.3 is 34.4 Å². The molecule has 3 rings (SSSR count). The Balaban J connectivity index is 1.63. The number of nitrogens with two attached hydrogens (primary N) is 1. The summed E-state index contributed by atoms with van der Waals surface area (Å²) < 4.78 is 43.3. The molecule has 2 heterocycles. The molecule has 0 spiro atoms. The maximum atomic E-state index is 13.7. The highest BCUT2D eigenvalue weighted by Crippen LogP contribution is 2.45. The molecule has 13 nitrogen and oxygen atoms in total. The highest BCUT2D eigenvalue weighted by molar-refractivity contribution is 7.52. The van der Waals surface area contributed by atoms with Gasteiger partial charge >= 0.3 is 13.4 Å². The fraction of sp³-hybridized carbons (Fsp3) is 0.577. The van der Waals surface area contributed by atoms with Crippen LogP contribution in [0.15, 0.2) is 47.4 Å². The minimum absolute atomic E-state index is 0.0459. The van der Waals surface area contributed by atoms with Crippen LogP contribution < -0.4 is 21.0 Å². The van der Waals surface area contributed by atoms with Gasteiger partial charge in [-0.15, -0.1) is 0 Å². The van der Waals surface area contributed by atoms with Crippen molar-refractivity contribution in [3.63, 3.8) is 0 Å². The van der Waals surface area contributed by atoms with Crippen molar-refractivity contribution in [3.8, 4) is 5.75 Å². The van der Waals surface area contributed by atoms with E-state index in [-0.39, 0.29) is 31.5 Å². The van der Waals surface area contributed by atoms with E-state index in [4.69, 9.17) is 29.0 Å². The van der Waals surface area contributed by atoms with Gasteiger partial charge in [0.05, 0.1) is 13.2 Å². The number of nitrogen functional groups attached to an aromatic ring is 1.